The fraction of sp³-hybridized carbons (Fsp3) is 0.308. The maximum absolute atomic E-state index is 13.7. The van der Waals surface area contributed by atoms with Crippen LogP contribution in [0.3, 0.4) is 0 Å². The van der Waals surface area contributed by atoms with Crippen LogP contribution < -0.4 is 16.6 Å². The summed E-state index contributed by atoms with van der Waals surface area (Å²) in [6.07, 6.45) is 0. The zero-order valence-electron chi connectivity index (χ0n) is 21.2. The van der Waals surface area contributed by atoms with Gasteiger partial charge >= 0.3 is 5.69 Å². The predicted octanol–water partition coefficient (Wildman–Crippen LogP) is 1.95. The van der Waals surface area contributed by atoms with Crippen LogP contribution in [-0.4, -0.2) is 61.3 Å². The number of benzene rings is 2. The number of nitrogens with zero attached hydrogens (tertiary/aromatic N) is 6. The Morgan fingerprint density at radius 1 is 1.00 bits per heavy atom. The summed E-state index contributed by atoms with van der Waals surface area (Å²) >= 11 is 0. The summed E-state index contributed by atoms with van der Waals surface area (Å²) in [5.41, 5.74) is -0.311. The second kappa shape index (κ2) is 11.4. The van der Waals surface area contributed by atoms with Crippen LogP contribution in [0.5, 0.6) is 0 Å². The molecule has 0 aliphatic heterocycles. The number of hydrogen-bond donors (Lipinski definition) is 1. The van der Waals surface area contributed by atoms with Gasteiger partial charge in [0, 0.05) is 31.3 Å². The third-order valence-corrected chi connectivity index (χ3v) is 6.29. The molecule has 10 nitrogen and oxygen atoms in total. The number of halogens is 2. The van der Waals surface area contributed by atoms with E-state index in [0.717, 1.165) is 40.9 Å². The van der Waals surface area contributed by atoms with Gasteiger partial charge in [-0.25, -0.2) is 18.6 Å². The third kappa shape index (κ3) is 5.49. The van der Waals surface area contributed by atoms with Crippen LogP contribution in [0.1, 0.15) is 29.8 Å². The first-order valence-electron chi connectivity index (χ1n) is 12.1. The lowest BCUT2D eigenvalue weighted by molar-refractivity contribution is 0.0949. The highest BCUT2D eigenvalue weighted by Crippen LogP contribution is 2.17. The summed E-state index contributed by atoms with van der Waals surface area (Å²) in [4.78, 5) is 44.6. The molecule has 38 heavy (non-hydrogen) atoms. The smallest absolute Gasteiger partial charge is 0.332 e. The molecule has 4 rings (SSSR count). The molecule has 1 N–H and O–H groups in total. The fourth-order valence-corrected chi connectivity index (χ4v) is 3.99. The Kier molecular flexibility index (Phi) is 8.01. The van der Waals surface area contributed by atoms with E-state index in [9.17, 15) is 23.2 Å². The SMILES string of the molecule is CCN(CC)CCNC(=O)c1ccc(-c2nnc3c(n2)c(=O)n(C)c(=O)n3Cc2ccc(F)c(F)c2)cc1. The summed E-state index contributed by atoms with van der Waals surface area (Å²) in [5.74, 6) is -2.16. The van der Waals surface area contributed by atoms with Crippen molar-refractivity contribution in [3.05, 3.63) is 86.1 Å². The first-order valence-corrected chi connectivity index (χ1v) is 12.1. The molecule has 0 unspecified atom stereocenters. The molecular weight excluding hydrogens is 496 g/mol. The van der Waals surface area contributed by atoms with Gasteiger partial charge in [0.25, 0.3) is 11.5 Å². The van der Waals surface area contributed by atoms with Gasteiger partial charge in [-0.05, 0) is 42.9 Å². The number of rotatable bonds is 9. The van der Waals surface area contributed by atoms with E-state index >= 15 is 0 Å². The molecule has 2 aromatic carbocycles. The van der Waals surface area contributed by atoms with Gasteiger partial charge in [0.2, 0.25) is 0 Å². The minimum Gasteiger partial charge on any atom is -0.351 e. The number of amides is 1. The lowest BCUT2D eigenvalue weighted by Gasteiger charge is -2.17. The van der Waals surface area contributed by atoms with E-state index in [1.54, 1.807) is 24.3 Å². The van der Waals surface area contributed by atoms with Gasteiger partial charge in [0.05, 0.1) is 6.54 Å². The molecule has 0 bridgehead atoms. The van der Waals surface area contributed by atoms with Crippen molar-refractivity contribution in [2.75, 3.05) is 26.2 Å². The molecule has 0 saturated heterocycles. The summed E-state index contributed by atoms with van der Waals surface area (Å²) in [5, 5.41) is 11.0. The quantitative estimate of drug-likeness (QED) is 0.357. The monoisotopic (exact) mass is 523 g/mol. The van der Waals surface area contributed by atoms with Crippen molar-refractivity contribution in [3.8, 4) is 11.4 Å². The standard InChI is InChI=1S/C26H27F2N7O3/c1-4-34(5-2)13-12-29-24(36)18-9-7-17(8-10-18)22-30-21-23(32-31-22)35(26(38)33(3)25(21)37)15-16-6-11-19(27)20(28)14-16/h6-11,14H,4-5,12-13,15H2,1-3H3,(H,29,36). The van der Waals surface area contributed by atoms with E-state index in [0.29, 0.717) is 23.2 Å². The summed E-state index contributed by atoms with van der Waals surface area (Å²) in [7, 11) is 1.29. The Labute approximate surface area is 216 Å². The lowest BCUT2D eigenvalue weighted by Crippen LogP contribution is -2.39. The zero-order chi connectivity index (χ0) is 27.4. The van der Waals surface area contributed by atoms with Crippen molar-refractivity contribution < 1.29 is 13.6 Å². The lowest BCUT2D eigenvalue weighted by atomic mass is 10.1. The number of aromatic nitrogens is 5. The Morgan fingerprint density at radius 2 is 1.71 bits per heavy atom. The van der Waals surface area contributed by atoms with Gasteiger partial charge in [0.15, 0.2) is 28.6 Å². The maximum Gasteiger partial charge on any atom is 0.332 e. The molecule has 0 radical (unpaired) electrons. The van der Waals surface area contributed by atoms with Gasteiger partial charge in [-0.1, -0.05) is 32.0 Å². The molecule has 2 aromatic heterocycles. The molecule has 0 aliphatic carbocycles. The molecule has 1 amide bonds. The molecule has 0 atom stereocenters. The number of nitrogens with one attached hydrogen (secondary N) is 1. The van der Waals surface area contributed by atoms with Crippen LogP contribution in [-0.2, 0) is 13.6 Å². The van der Waals surface area contributed by atoms with E-state index in [1.165, 1.54) is 13.1 Å². The van der Waals surface area contributed by atoms with Crippen LogP contribution in [0.2, 0.25) is 0 Å². The van der Waals surface area contributed by atoms with Gasteiger partial charge in [-0.3, -0.25) is 18.7 Å². The van der Waals surface area contributed by atoms with Crippen LogP contribution >= 0.6 is 0 Å². The van der Waals surface area contributed by atoms with Crippen molar-refractivity contribution in [1.29, 1.82) is 0 Å². The molecular formula is C26H27F2N7O3. The molecule has 0 spiro atoms. The third-order valence-electron chi connectivity index (χ3n) is 6.29. The van der Waals surface area contributed by atoms with Crippen molar-refractivity contribution in [2.24, 2.45) is 7.05 Å². The average molecular weight is 524 g/mol. The Balaban J connectivity index is 1.61. The summed E-state index contributed by atoms with van der Waals surface area (Å²) < 4.78 is 29.0. The highest BCUT2D eigenvalue weighted by molar-refractivity contribution is 5.94. The molecule has 4 aromatic rings. The van der Waals surface area contributed by atoms with E-state index < -0.39 is 22.9 Å². The minimum absolute atomic E-state index is 0.0872. The molecule has 2 heterocycles. The van der Waals surface area contributed by atoms with E-state index in [4.69, 9.17) is 0 Å². The molecule has 0 fully saturated rings. The number of likely N-dealkylation sites (N-methyl/N-ethyl adjacent to an activating group) is 1. The molecule has 12 heteroatoms. The maximum atomic E-state index is 13.7. The predicted molar refractivity (Wildman–Crippen MR) is 138 cm³/mol. The number of carbonyl (C=O) groups is 1. The average Bonchev–Trinajstić information content (AvgIpc) is 2.94. The minimum atomic E-state index is -1.06. The van der Waals surface area contributed by atoms with Crippen molar-refractivity contribution in [2.45, 2.75) is 20.4 Å². The van der Waals surface area contributed by atoms with Crippen LogP contribution in [0.15, 0.2) is 52.1 Å². The second-order valence-electron chi connectivity index (χ2n) is 8.65. The van der Waals surface area contributed by atoms with Gasteiger partial charge in [-0.15, -0.1) is 10.2 Å². The first kappa shape index (κ1) is 26.7. The van der Waals surface area contributed by atoms with Crippen molar-refractivity contribution in [3.63, 3.8) is 0 Å². The Morgan fingerprint density at radius 3 is 2.37 bits per heavy atom. The number of carbonyl (C=O) groups excluding carboxylic acids is 1. The fourth-order valence-electron chi connectivity index (χ4n) is 3.99. The summed E-state index contributed by atoms with van der Waals surface area (Å²) in [6, 6.07) is 9.79. The van der Waals surface area contributed by atoms with E-state index in [1.807, 2.05) is 0 Å². The second-order valence-corrected chi connectivity index (χ2v) is 8.65. The molecule has 0 saturated carbocycles. The normalized spacial score (nSPS) is 11.3. The van der Waals surface area contributed by atoms with Crippen LogP contribution in [0, 0.1) is 11.6 Å². The number of fused-ring (bicyclic) bond motifs is 1. The van der Waals surface area contributed by atoms with E-state index in [2.05, 4.69) is 39.2 Å². The molecule has 198 valence electrons. The highest BCUT2D eigenvalue weighted by atomic mass is 19.2. The highest BCUT2D eigenvalue weighted by Gasteiger charge is 2.17. The van der Waals surface area contributed by atoms with Crippen molar-refractivity contribution in [1.82, 2.24) is 34.5 Å². The Hall–Kier alpha value is -4.32. The largest absolute Gasteiger partial charge is 0.351 e. The first-order chi connectivity index (χ1) is 18.2. The van der Waals surface area contributed by atoms with Crippen LogP contribution in [0.25, 0.3) is 22.6 Å². The van der Waals surface area contributed by atoms with E-state index in [-0.39, 0.29) is 29.4 Å². The number of hydrogen-bond acceptors (Lipinski definition) is 7. The summed E-state index contributed by atoms with van der Waals surface area (Å²) in [6.45, 7) is 7.05. The van der Waals surface area contributed by atoms with Crippen LogP contribution in [0.4, 0.5) is 8.78 Å². The molecule has 0 aliphatic rings. The van der Waals surface area contributed by atoms with Gasteiger partial charge in [0.1, 0.15) is 0 Å². The zero-order valence-corrected chi connectivity index (χ0v) is 21.2. The van der Waals surface area contributed by atoms with Gasteiger partial charge in [-0.2, -0.15) is 0 Å². The topological polar surface area (TPSA) is 115 Å². The Bertz CT molecular complexity index is 1600. The van der Waals surface area contributed by atoms with Gasteiger partial charge < -0.3 is 10.2 Å². The van der Waals surface area contributed by atoms with Crippen molar-refractivity contribution >= 4 is 17.1 Å².